The van der Waals surface area contributed by atoms with Crippen molar-refractivity contribution >= 4 is 18.0 Å². The highest BCUT2D eigenvalue weighted by atomic mass is 16.5. The number of aliphatic carboxylic acids is 1. The van der Waals surface area contributed by atoms with Crippen LogP contribution in [-0.2, 0) is 19.1 Å². The van der Waals surface area contributed by atoms with E-state index in [-0.39, 0.29) is 25.5 Å². The second-order valence-electron chi connectivity index (χ2n) is 9.41. The Hall–Kier alpha value is -3.39. The first-order valence-corrected chi connectivity index (χ1v) is 11.3. The molecule has 1 unspecified atom stereocenters. The van der Waals surface area contributed by atoms with E-state index in [1.165, 1.54) is 7.11 Å². The zero-order valence-electron chi connectivity index (χ0n) is 20.0. The quantitative estimate of drug-likeness (QED) is 0.519. The number of amides is 2. The minimum atomic E-state index is -1.10. The van der Waals surface area contributed by atoms with E-state index < -0.39 is 35.5 Å². The summed E-state index contributed by atoms with van der Waals surface area (Å²) in [4.78, 5) is 36.5. The van der Waals surface area contributed by atoms with E-state index in [1.807, 2.05) is 57.2 Å². The maximum atomic E-state index is 12.8. The van der Waals surface area contributed by atoms with Crippen LogP contribution < -0.4 is 10.6 Å². The van der Waals surface area contributed by atoms with Gasteiger partial charge in [-0.25, -0.2) is 9.59 Å². The van der Waals surface area contributed by atoms with Crippen LogP contribution in [0, 0.1) is 5.41 Å². The molecule has 0 spiro atoms. The van der Waals surface area contributed by atoms with E-state index in [9.17, 15) is 14.4 Å². The number of benzene rings is 2. The van der Waals surface area contributed by atoms with Gasteiger partial charge in [0, 0.05) is 26.0 Å². The number of carbonyl (C=O) groups is 3. The summed E-state index contributed by atoms with van der Waals surface area (Å²) in [6.45, 7) is 5.73. The maximum absolute atomic E-state index is 12.8. The van der Waals surface area contributed by atoms with E-state index in [1.54, 1.807) is 0 Å². The van der Waals surface area contributed by atoms with Crippen LogP contribution in [0.4, 0.5) is 4.79 Å². The SMILES string of the molecule is COC(CCNC(=O)[C@@H](NC(=O)OCC1c2ccccc2-c2ccccc21)C(C)(C)C)C(=O)O. The van der Waals surface area contributed by atoms with Crippen molar-refractivity contribution < 1.29 is 29.0 Å². The zero-order chi connectivity index (χ0) is 24.9. The van der Waals surface area contributed by atoms with Crippen LogP contribution in [0.1, 0.15) is 44.2 Å². The molecule has 3 N–H and O–H groups in total. The molecule has 2 aromatic rings. The predicted molar refractivity (Wildman–Crippen MR) is 128 cm³/mol. The first-order valence-electron chi connectivity index (χ1n) is 11.3. The highest BCUT2D eigenvalue weighted by Gasteiger charge is 2.34. The Balaban J connectivity index is 1.61. The molecule has 34 heavy (non-hydrogen) atoms. The number of fused-ring (bicyclic) bond motifs is 3. The molecule has 8 nitrogen and oxygen atoms in total. The van der Waals surface area contributed by atoms with Crippen molar-refractivity contribution in [2.75, 3.05) is 20.3 Å². The van der Waals surface area contributed by atoms with E-state index in [0.29, 0.717) is 0 Å². The van der Waals surface area contributed by atoms with Crippen LogP contribution in [-0.4, -0.2) is 55.5 Å². The summed E-state index contributed by atoms with van der Waals surface area (Å²) in [5, 5.41) is 14.4. The van der Waals surface area contributed by atoms with Gasteiger partial charge < -0.3 is 25.2 Å². The van der Waals surface area contributed by atoms with Crippen LogP contribution >= 0.6 is 0 Å². The standard InChI is InChI=1S/C26H32N2O6/c1-26(2,3)22(23(29)27-14-13-21(33-4)24(30)31)28-25(32)34-15-20-18-11-7-5-9-16(18)17-10-6-8-12-19(17)20/h5-12,20-22H,13-15H2,1-4H3,(H,27,29)(H,28,32)(H,30,31)/t21?,22-/m1/s1. The fraction of sp³-hybridized carbons (Fsp3) is 0.423. The lowest BCUT2D eigenvalue weighted by molar-refractivity contribution is -0.149. The second kappa shape index (κ2) is 10.7. The summed E-state index contributed by atoms with van der Waals surface area (Å²) < 4.78 is 10.5. The Morgan fingerprint density at radius 1 is 1.00 bits per heavy atom. The Bertz CT molecular complexity index is 1000. The van der Waals surface area contributed by atoms with Gasteiger partial charge in [0.25, 0.3) is 0 Å². The molecule has 182 valence electrons. The van der Waals surface area contributed by atoms with Crippen molar-refractivity contribution in [3.63, 3.8) is 0 Å². The zero-order valence-corrected chi connectivity index (χ0v) is 20.0. The summed E-state index contributed by atoms with van der Waals surface area (Å²) in [6.07, 6.45) is -1.58. The summed E-state index contributed by atoms with van der Waals surface area (Å²) in [7, 11) is 1.30. The molecular formula is C26H32N2O6. The van der Waals surface area contributed by atoms with Crippen molar-refractivity contribution in [1.82, 2.24) is 10.6 Å². The van der Waals surface area contributed by atoms with Gasteiger partial charge in [-0.2, -0.15) is 0 Å². The van der Waals surface area contributed by atoms with E-state index >= 15 is 0 Å². The Kier molecular flexibility index (Phi) is 7.94. The van der Waals surface area contributed by atoms with Crippen molar-refractivity contribution in [3.05, 3.63) is 59.7 Å². The number of ether oxygens (including phenoxy) is 2. The second-order valence-corrected chi connectivity index (χ2v) is 9.41. The number of alkyl carbamates (subject to hydrolysis) is 1. The van der Waals surface area contributed by atoms with E-state index in [4.69, 9.17) is 14.6 Å². The first kappa shape index (κ1) is 25.2. The fourth-order valence-electron chi connectivity index (χ4n) is 4.20. The highest BCUT2D eigenvalue weighted by Crippen LogP contribution is 2.44. The van der Waals surface area contributed by atoms with Crippen LogP contribution in [0.2, 0.25) is 0 Å². The number of carbonyl (C=O) groups excluding carboxylic acids is 2. The molecule has 0 aliphatic heterocycles. The van der Waals surface area contributed by atoms with Crippen LogP contribution in [0.5, 0.6) is 0 Å². The molecule has 2 amide bonds. The Labute approximate surface area is 199 Å². The van der Waals surface area contributed by atoms with E-state index in [2.05, 4.69) is 22.8 Å². The summed E-state index contributed by atoms with van der Waals surface area (Å²) >= 11 is 0. The van der Waals surface area contributed by atoms with Crippen molar-refractivity contribution in [3.8, 4) is 11.1 Å². The van der Waals surface area contributed by atoms with Crippen molar-refractivity contribution in [2.24, 2.45) is 5.41 Å². The van der Waals surface area contributed by atoms with Gasteiger partial charge in [-0.1, -0.05) is 69.3 Å². The molecule has 0 aromatic heterocycles. The third-order valence-corrected chi connectivity index (χ3v) is 6.00. The summed E-state index contributed by atoms with van der Waals surface area (Å²) in [5.74, 6) is -1.59. The molecule has 2 aromatic carbocycles. The minimum absolute atomic E-state index is 0.0814. The van der Waals surface area contributed by atoms with Gasteiger partial charge in [0.1, 0.15) is 12.6 Å². The lowest BCUT2D eigenvalue weighted by Gasteiger charge is -2.30. The van der Waals surface area contributed by atoms with Gasteiger partial charge in [0.15, 0.2) is 6.10 Å². The van der Waals surface area contributed by atoms with Crippen molar-refractivity contribution in [1.29, 1.82) is 0 Å². The molecular weight excluding hydrogens is 436 g/mol. The van der Waals surface area contributed by atoms with Crippen LogP contribution in [0.3, 0.4) is 0 Å². The number of nitrogens with one attached hydrogen (secondary N) is 2. The van der Waals surface area contributed by atoms with Gasteiger partial charge >= 0.3 is 12.1 Å². The van der Waals surface area contributed by atoms with Crippen LogP contribution in [0.15, 0.2) is 48.5 Å². The average molecular weight is 469 g/mol. The molecule has 0 saturated heterocycles. The van der Waals surface area contributed by atoms with Gasteiger partial charge in [-0.3, -0.25) is 4.79 Å². The number of hydrogen-bond acceptors (Lipinski definition) is 5. The molecule has 0 bridgehead atoms. The molecule has 0 saturated carbocycles. The number of methoxy groups -OCH3 is 1. The topological polar surface area (TPSA) is 114 Å². The minimum Gasteiger partial charge on any atom is -0.479 e. The number of rotatable bonds is 9. The molecule has 1 aliphatic rings. The fourth-order valence-corrected chi connectivity index (χ4v) is 4.20. The largest absolute Gasteiger partial charge is 0.479 e. The average Bonchev–Trinajstić information content (AvgIpc) is 3.11. The number of carboxylic acid groups (broad SMARTS) is 1. The monoisotopic (exact) mass is 468 g/mol. The molecule has 0 radical (unpaired) electrons. The maximum Gasteiger partial charge on any atom is 0.407 e. The Morgan fingerprint density at radius 2 is 1.56 bits per heavy atom. The lowest BCUT2D eigenvalue weighted by Crippen LogP contribution is -2.54. The first-order chi connectivity index (χ1) is 16.1. The Morgan fingerprint density at radius 3 is 2.06 bits per heavy atom. The molecule has 8 heteroatoms. The lowest BCUT2D eigenvalue weighted by atomic mass is 9.86. The summed E-state index contributed by atoms with van der Waals surface area (Å²) in [5.41, 5.74) is 3.88. The van der Waals surface area contributed by atoms with Gasteiger partial charge in [-0.15, -0.1) is 0 Å². The van der Waals surface area contributed by atoms with Gasteiger partial charge in [0.05, 0.1) is 0 Å². The molecule has 0 heterocycles. The van der Waals surface area contributed by atoms with Crippen LogP contribution in [0.25, 0.3) is 11.1 Å². The predicted octanol–water partition coefficient (Wildman–Crippen LogP) is 3.55. The van der Waals surface area contributed by atoms with Gasteiger partial charge in [0.2, 0.25) is 5.91 Å². The molecule has 1 aliphatic carbocycles. The normalized spacial score (nSPS) is 14.5. The molecule has 3 rings (SSSR count). The summed E-state index contributed by atoms with van der Waals surface area (Å²) in [6, 6.07) is 15.3. The molecule has 0 fully saturated rings. The van der Waals surface area contributed by atoms with E-state index in [0.717, 1.165) is 22.3 Å². The number of carboxylic acids is 1. The smallest absolute Gasteiger partial charge is 0.407 e. The van der Waals surface area contributed by atoms with Gasteiger partial charge in [-0.05, 0) is 27.7 Å². The third kappa shape index (κ3) is 5.75. The van der Waals surface area contributed by atoms with Crippen molar-refractivity contribution in [2.45, 2.75) is 45.3 Å². The highest BCUT2D eigenvalue weighted by molar-refractivity contribution is 5.86. The molecule has 2 atom stereocenters. The number of hydrogen-bond donors (Lipinski definition) is 3. The third-order valence-electron chi connectivity index (χ3n) is 6.00.